The van der Waals surface area contributed by atoms with E-state index in [4.69, 9.17) is 14.6 Å². The zero-order valence-electron chi connectivity index (χ0n) is 11.9. The molecule has 1 amide bonds. The average Bonchev–Trinajstić information content (AvgIpc) is 2.93. The van der Waals surface area contributed by atoms with E-state index < -0.39 is 11.0 Å². The van der Waals surface area contributed by atoms with Crippen LogP contribution in [0.25, 0.3) is 11.0 Å². The van der Waals surface area contributed by atoms with Gasteiger partial charge in [-0.15, -0.1) is 0 Å². The normalized spacial score (nSPS) is 10.4. The van der Waals surface area contributed by atoms with E-state index in [1.54, 1.807) is 0 Å². The second-order valence-corrected chi connectivity index (χ2v) is 4.57. The number of carbonyl (C=O) groups is 1. The molecular formula is C14H15N3O5. The quantitative estimate of drug-likeness (QED) is 0.483. The molecule has 0 atom stereocenters. The zero-order valence-corrected chi connectivity index (χ0v) is 11.9. The molecule has 2 aromatic rings. The topological polar surface area (TPSA) is 118 Å². The zero-order chi connectivity index (χ0) is 16.1. The van der Waals surface area contributed by atoms with Crippen molar-refractivity contribution in [2.24, 2.45) is 0 Å². The van der Waals surface area contributed by atoms with Crippen LogP contribution in [0.3, 0.4) is 0 Å². The Kier molecular flexibility index (Phi) is 4.72. The van der Waals surface area contributed by atoms with Crippen molar-refractivity contribution < 1.29 is 18.9 Å². The molecule has 22 heavy (non-hydrogen) atoms. The Morgan fingerprint density at radius 1 is 1.45 bits per heavy atom. The van der Waals surface area contributed by atoms with E-state index in [2.05, 4.69) is 5.32 Å². The third kappa shape index (κ3) is 3.60. The number of nitro groups is 1. The van der Waals surface area contributed by atoms with Gasteiger partial charge in [-0.1, -0.05) is 6.92 Å². The van der Waals surface area contributed by atoms with Gasteiger partial charge in [0.1, 0.15) is 17.9 Å². The van der Waals surface area contributed by atoms with Crippen LogP contribution in [0, 0.1) is 15.5 Å². The van der Waals surface area contributed by atoms with Crippen LogP contribution in [-0.2, 0) is 4.74 Å². The third-order valence-corrected chi connectivity index (χ3v) is 2.88. The van der Waals surface area contributed by atoms with Crippen molar-refractivity contribution in [1.29, 1.82) is 5.41 Å². The number of carbonyl (C=O) groups excluding carboxylic acids is 1. The Labute approximate surface area is 125 Å². The number of benzene rings is 1. The van der Waals surface area contributed by atoms with E-state index in [9.17, 15) is 14.9 Å². The van der Waals surface area contributed by atoms with E-state index >= 15 is 0 Å². The van der Waals surface area contributed by atoms with Crippen LogP contribution in [0.15, 0.2) is 28.7 Å². The van der Waals surface area contributed by atoms with Crippen LogP contribution in [0.4, 0.5) is 10.5 Å². The van der Waals surface area contributed by atoms with Crippen molar-refractivity contribution in [3.05, 3.63) is 40.1 Å². The minimum absolute atomic E-state index is 0.0227. The van der Waals surface area contributed by atoms with Crippen molar-refractivity contribution in [3.63, 3.8) is 0 Å². The molecule has 0 aliphatic carbocycles. The molecule has 0 saturated carbocycles. The Balaban J connectivity index is 2.05. The highest BCUT2D eigenvalue weighted by Crippen LogP contribution is 2.24. The molecular weight excluding hydrogens is 290 g/mol. The molecule has 1 heterocycles. The van der Waals surface area contributed by atoms with Crippen LogP contribution in [0.2, 0.25) is 0 Å². The lowest BCUT2D eigenvalue weighted by atomic mass is 10.2. The number of rotatable bonds is 6. The summed E-state index contributed by atoms with van der Waals surface area (Å²) in [5.74, 6) is 0.207. The molecule has 8 heteroatoms. The number of alkyl carbamates (subject to hydrolysis) is 1. The van der Waals surface area contributed by atoms with Gasteiger partial charge in [-0.3, -0.25) is 15.5 Å². The highest BCUT2D eigenvalue weighted by Gasteiger charge is 2.14. The van der Waals surface area contributed by atoms with Crippen molar-refractivity contribution in [1.82, 2.24) is 5.32 Å². The van der Waals surface area contributed by atoms with Crippen molar-refractivity contribution in [2.75, 3.05) is 13.2 Å². The first kappa shape index (κ1) is 15.5. The van der Waals surface area contributed by atoms with E-state index in [0.29, 0.717) is 17.5 Å². The fraction of sp³-hybridized carbons (Fsp3) is 0.286. The number of hydrogen-bond donors (Lipinski definition) is 2. The van der Waals surface area contributed by atoms with Gasteiger partial charge in [-0.2, -0.15) is 0 Å². The van der Waals surface area contributed by atoms with Gasteiger partial charge in [0.25, 0.3) is 5.69 Å². The molecule has 0 bridgehead atoms. The minimum atomic E-state index is -0.599. The Hall–Kier alpha value is -2.90. The lowest BCUT2D eigenvalue weighted by Gasteiger charge is -2.05. The summed E-state index contributed by atoms with van der Waals surface area (Å²) in [6, 6.07) is 5.68. The molecule has 0 spiro atoms. The van der Waals surface area contributed by atoms with Crippen LogP contribution in [0.5, 0.6) is 0 Å². The first-order chi connectivity index (χ1) is 10.5. The van der Waals surface area contributed by atoms with Gasteiger partial charge in [0.15, 0.2) is 5.76 Å². The Morgan fingerprint density at radius 3 is 2.91 bits per heavy atom. The van der Waals surface area contributed by atoms with Gasteiger partial charge in [-0.25, -0.2) is 4.79 Å². The minimum Gasteiger partial charge on any atom is -0.455 e. The molecule has 0 aliphatic rings. The summed E-state index contributed by atoms with van der Waals surface area (Å²) in [6.45, 7) is 2.17. The van der Waals surface area contributed by atoms with Gasteiger partial charge in [0, 0.05) is 24.1 Å². The van der Waals surface area contributed by atoms with E-state index in [1.165, 1.54) is 24.3 Å². The van der Waals surface area contributed by atoms with Crippen LogP contribution < -0.4 is 5.32 Å². The second-order valence-electron chi connectivity index (χ2n) is 4.57. The lowest BCUT2D eigenvalue weighted by molar-refractivity contribution is -0.384. The van der Waals surface area contributed by atoms with E-state index in [0.717, 1.165) is 6.42 Å². The van der Waals surface area contributed by atoms with E-state index in [-0.39, 0.29) is 23.8 Å². The van der Waals surface area contributed by atoms with Crippen molar-refractivity contribution >= 4 is 28.5 Å². The predicted molar refractivity (Wildman–Crippen MR) is 79.3 cm³/mol. The summed E-state index contributed by atoms with van der Waals surface area (Å²) >= 11 is 0. The summed E-state index contributed by atoms with van der Waals surface area (Å²) in [5, 5.41) is 21.6. The third-order valence-electron chi connectivity index (χ3n) is 2.88. The number of nitrogens with one attached hydrogen (secondary N) is 2. The molecule has 0 radical (unpaired) electrons. The smallest absolute Gasteiger partial charge is 0.407 e. The van der Waals surface area contributed by atoms with Gasteiger partial charge < -0.3 is 14.5 Å². The van der Waals surface area contributed by atoms with Crippen molar-refractivity contribution in [2.45, 2.75) is 13.3 Å². The molecule has 8 nitrogen and oxygen atoms in total. The number of nitro benzene ring substituents is 1. The van der Waals surface area contributed by atoms with E-state index in [1.807, 2.05) is 6.92 Å². The number of nitrogens with zero attached hydrogens (tertiary/aromatic N) is 1. The number of hydrogen-bond acceptors (Lipinski definition) is 6. The van der Waals surface area contributed by atoms with Crippen LogP contribution in [-0.4, -0.2) is 29.9 Å². The molecule has 116 valence electrons. The molecule has 0 unspecified atom stereocenters. The summed E-state index contributed by atoms with van der Waals surface area (Å²) in [4.78, 5) is 21.5. The summed E-state index contributed by atoms with van der Waals surface area (Å²) in [6.07, 6.45) is 0.188. The highest BCUT2D eigenvalue weighted by atomic mass is 16.6. The molecule has 0 fully saturated rings. The number of furan rings is 1. The second kappa shape index (κ2) is 6.70. The molecule has 0 saturated heterocycles. The molecule has 2 rings (SSSR count). The number of non-ortho nitro benzene ring substituents is 1. The maximum absolute atomic E-state index is 11.3. The summed E-state index contributed by atoms with van der Waals surface area (Å²) in [5.41, 5.74) is 0.355. The predicted octanol–water partition coefficient (Wildman–Crippen LogP) is 2.85. The first-order valence-electron chi connectivity index (χ1n) is 6.67. The first-order valence-corrected chi connectivity index (χ1v) is 6.67. The summed E-state index contributed by atoms with van der Waals surface area (Å²) in [7, 11) is 0. The van der Waals surface area contributed by atoms with Crippen LogP contribution in [0.1, 0.15) is 19.1 Å². The molecule has 0 aliphatic heterocycles. The largest absolute Gasteiger partial charge is 0.455 e. The molecule has 2 N–H and O–H groups in total. The molecule has 1 aromatic heterocycles. The molecule has 1 aromatic carbocycles. The van der Waals surface area contributed by atoms with Gasteiger partial charge in [-0.05, 0) is 18.6 Å². The lowest BCUT2D eigenvalue weighted by Crippen LogP contribution is -2.27. The van der Waals surface area contributed by atoms with Gasteiger partial charge >= 0.3 is 6.09 Å². The van der Waals surface area contributed by atoms with Crippen LogP contribution >= 0.6 is 0 Å². The number of ether oxygens (including phenoxy) is 1. The highest BCUT2D eigenvalue weighted by molar-refractivity contribution is 6.01. The fourth-order valence-corrected chi connectivity index (χ4v) is 1.78. The monoisotopic (exact) mass is 305 g/mol. The Morgan fingerprint density at radius 2 is 2.23 bits per heavy atom. The SMILES string of the molecule is CCCNC(=O)OCC(=N)c1cc2cc([N+](=O)[O-])ccc2o1. The summed E-state index contributed by atoms with van der Waals surface area (Å²) < 4.78 is 10.3. The standard InChI is InChI=1S/C14H15N3O5/c1-2-5-16-14(18)21-8-11(15)13-7-9-6-10(17(19)20)3-4-12(9)22-13/h3-4,6-7,15H,2,5,8H2,1H3,(H,16,18). The van der Waals surface area contributed by atoms with Gasteiger partial charge in [0.2, 0.25) is 0 Å². The fourth-order valence-electron chi connectivity index (χ4n) is 1.78. The number of amides is 1. The van der Waals surface area contributed by atoms with Gasteiger partial charge in [0.05, 0.1) is 4.92 Å². The average molecular weight is 305 g/mol. The van der Waals surface area contributed by atoms with Crippen molar-refractivity contribution in [3.8, 4) is 0 Å². The maximum Gasteiger partial charge on any atom is 0.407 e. The Bertz CT molecular complexity index is 722. The number of fused-ring (bicyclic) bond motifs is 1. The maximum atomic E-state index is 11.3.